The highest BCUT2D eigenvalue weighted by atomic mass is 127. The van der Waals surface area contributed by atoms with E-state index in [0.29, 0.717) is 12.5 Å². The Hall–Kier alpha value is -0.340. The van der Waals surface area contributed by atoms with Crippen LogP contribution in [0.25, 0.3) is 0 Å². The molecule has 0 bridgehead atoms. The number of halogens is 1. The Kier molecular flexibility index (Phi) is 11.1. The third-order valence-electron chi connectivity index (χ3n) is 3.61. The number of ether oxygens (including phenoxy) is 1. The van der Waals surface area contributed by atoms with Gasteiger partial charge < -0.3 is 15.4 Å². The molecule has 2 atom stereocenters. The first kappa shape index (κ1) is 22.7. The van der Waals surface area contributed by atoms with Crippen LogP contribution in [0.1, 0.15) is 45.4 Å². The molecule has 0 aliphatic heterocycles. The van der Waals surface area contributed by atoms with Crippen molar-refractivity contribution in [3.05, 3.63) is 22.4 Å². The van der Waals surface area contributed by atoms with E-state index >= 15 is 0 Å². The summed E-state index contributed by atoms with van der Waals surface area (Å²) in [6, 6.07) is 4.28. The average molecular weight is 453 g/mol. The fraction of sp³-hybridized carbons (Fsp3) is 0.706. The van der Waals surface area contributed by atoms with E-state index in [-0.39, 0.29) is 35.5 Å². The summed E-state index contributed by atoms with van der Waals surface area (Å²) in [5.41, 5.74) is 0.0832. The van der Waals surface area contributed by atoms with Crippen molar-refractivity contribution in [2.24, 2.45) is 10.4 Å². The van der Waals surface area contributed by atoms with Crippen molar-refractivity contribution >= 4 is 41.3 Å². The number of hydrogen-bond acceptors (Lipinski definition) is 3. The van der Waals surface area contributed by atoms with Crippen LogP contribution in [0.2, 0.25) is 0 Å². The molecule has 134 valence electrons. The van der Waals surface area contributed by atoms with Crippen LogP contribution < -0.4 is 10.6 Å². The third-order valence-corrected chi connectivity index (χ3v) is 4.72. The monoisotopic (exact) mass is 453 g/mol. The van der Waals surface area contributed by atoms with Gasteiger partial charge in [-0.25, -0.2) is 0 Å². The molecule has 1 rings (SSSR count). The minimum Gasteiger partial charge on any atom is -0.379 e. The van der Waals surface area contributed by atoms with Crippen LogP contribution in [0, 0.1) is 5.41 Å². The lowest BCUT2D eigenvalue weighted by atomic mass is 9.89. The fourth-order valence-corrected chi connectivity index (χ4v) is 2.93. The van der Waals surface area contributed by atoms with Gasteiger partial charge >= 0.3 is 0 Å². The van der Waals surface area contributed by atoms with Crippen LogP contribution in [-0.4, -0.2) is 38.8 Å². The van der Waals surface area contributed by atoms with E-state index in [1.807, 2.05) is 0 Å². The number of guanidine groups is 1. The molecule has 2 unspecified atom stereocenters. The zero-order chi connectivity index (χ0) is 16.6. The van der Waals surface area contributed by atoms with Crippen molar-refractivity contribution in [2.45, 2.75) is 46.6 Å². The fourth-order valence-electron chi connectivity index (χ4n) is 2.14. The molecule has 0 saturated carbocycles. The Morgan fingerprint density at radius 2 is 2.04 bits per heavy atom. The molecule has 1 aromatic heterocycles. The second kappa shape index (κ2) is 11.3. The predicted octanol–water partition coefficient (Wildman–Crippen LogP) is 4.09. The molecule has 0 aliphatic carbocycles. The van der Waals surface area contributed by atoms with Crippen LogP contribution >= 0.6 is 35.3 Å². The first-order valence-electron chi connectivity index (χ1n) is 7.96. The summed E-state index contributed by atoms with van der Waals surface area (Å²) in [6.45, 7) is 13.2. The Morgan fingerprint density at radius 3 is 2.52 bits per heavy atom. The van der Waals surface area contributed by atoms with E-state index in [9.17, 15) is 0 Å². The van der Waals surface area contributed by atoms with Gasteiger partial charge in [0, 0.05) is 31.0 Å². The van der Waals surface area contributed by atoms with E-state index in [2.05, 4.69) is 67.8 Å². The van der Waals surface area contributed by atoms with Gasteiger partial charge in [-0.15, -0.1) is 35.3 Å². The smallest absolute Gasteiger partial charge is 0.191 e. The maximum atomic E-state index is 5.57. The molecule has 0 aromatic carbocycles. The van der Waals surface area contributed by atoms with Crippen LogP contribution in [-0.2, 0) is 4.74 Å². The minimum absolute atomic E-state index is 0. The Labute approximate surface area is 162 Å². The number of thiophene rings is 1. The summed E-state index contributed by atoms with van der Waals surface area (Å²) >= 11 is 1.80. The maximum Gasteiger partial charge on any atom is 0.191 e. The molecule has 0 aliphatic rings. The van der Waals surface area contributed by atoms with Gasteiger partial charge in [0.1, 0.15) is 0 Å². The second-order valence-corrected chi connectivity index (χ2v) is 7.59. The highest BCUT2D eigenvalue weighted by Crippen LogP contribution is 2.22. The number of hydrogen-bond donors (Lipinski definition) is 2. The predicted molar refractivity (Wildman–Crippen MR) is 112 cm³/mol. The standard InChI is InChI=1S/C17H31N3OS.HI/c1-7-18-16(20-12-15(21-6)17(3,4)5)19-11-13(2)14-9-8-10-22-14;/h8-10,13,15H,7,11-12H2,1-6H3,(H2,18,19,20);1H. The third kappa shape index (κ3) is 8.35. The summed E-state index contributed by atoms with van der Waals surface area (Å²) < 4.78 is 5.57. The SMILES string of the molecule is CCNC(=NCC(OC)C(C)(C)C)NCC(C)c1cccs1.I. The number of nitrogens with one attached hydrogen (secondary N) is 2. The number of rotatable bonds is 7. The first-order chi connectivity index (χ1) is 10.4. The van der Waals surface area contributed by atoms with Crippen LogP contribution in [0.5, 0.6) is 0 Å². The van der Waals surface area contributed by atoms with E-state index in [1.54, 1.807) is 18.4 Å². The van der Waals surface area contributed by atoms with Gasteiger partial charge in [0.25, 0.3) is 0 Å². The van der Waals surface area contributed by atoms with E-state index < -0.39 is 0 Å². The van der Waals surface area contributed by atoms with E-state index in [1.165, 1.54) is 4.88 Å². The van der Waals surface area contributed by atoms with E-state index in [4.69, 9.17) is 4.74 Å². The summed E-state index contributed by atoms with van der Waals surface area (Å²) in [4.78, 5) is 6.07. The minimum atomic E-state index is 0. The summed E-state index contributed by atoms with van der Waals surface area (Å²) in [5.74, 6) is 1.34. The largest absolute Gasteiger partial charge is 0.379 e. The highest BCUT2D eigenvalue weighted by Gasteiger charge is 2.24. The van der Waals surface area contributed by atoms with Gasteiger partial charge in [-0.3, -0.25) is 4.99 Å². The maximum absolute atomic E-state index is 5.57. The number of aliphatic imine (C=N–C) groups is 1. The first-order valence-corrected chi connectivity index (χ1v) is 8.84. The summed E-state index contributed by atoms with van der Waals surface area (Å²) in [5, 5.41) is 8.85. The van der Waals surface area contributed by atoms with Crippen molar-refractivity contribution in [2.75, 3.05) is 26.7 Å². The lowest BCUT2D eigenvalue weighted by Gasteiger charge is -2.28. The summed E-state index contributed by atoms with van der Waals surface area (Å²) in [7, 11) is 1.75. The second-order valence-electron chi connectivity index (χ2n) is 6.61. The van der Waals surface area contributed by atoms with Gasteiger partial charge in [-0.05, 0) is 23.8 Å². The topological polar surface area (TPSA) is 45.7 Å². The van der Waals surface area contributed by atoms with Crippen molar-refractivity contribution < 1.29 is 4.74 Å². The molecule has 0 radical (unpaired) electrons. The number of methoxy groups -OCH3 is 1. The molecule has 23 heavy (non-hydrogen) atoms. The van der Waals surface area contributed by atoms with E-state index in [0.717, 1.165) is 19.0 Å². The zero-order valence-corrected chi connectivity index (χ0v) is 18.3. The quantitative estimate of drug-likeness (QED) is 0.372. The molecule has 1 aromatic rings. The Bertz CT molecular complexity index is 443. The van der Waals surface area contributed by atoms with Crippen LogP contribution in [0.4, 0.5) is 0 Å². The van der Waals surface area contributed by atoms with Gasteiger partial charge in [0.15, 0.2) is 5.96 Å². The van der Waals surface area contributed by atoms with Crippen molar-refractivity contribution in [3.63, 3.8) is 0 Å². The normalized spacial score (nSPS) is 14.8. The molecule has 1 heterocycles. The van der Waals surface area contributed by atoms with Gasteiger partial charge in [0.05, 0.1) is 12.6 Å². The molecule has 0 amide bonds. The molecule has 0 fully saturated rings. The lowest BCUT2D eigenvalue weighted by Crippen LogP contribution is -2.40. The molecule has 2 N–H and O–H groups in total. The average Bonchev–Trinajstić information content (AvgIpc) is 2.97. The zero-order valence-electron chi connectivity index (χ0n) is 15.2. The molecule has 6 heteroatoms. The Balaban J connectivity index is 0.00000484. The van der Waals surface area contributed by atoms with Crippen molar-refractivity contribution in [3.8, 4) is 0 Å². The molecule has 0 saturated heterocycles. The van der Waals surface area contributed by atoms with Gasteiger partial charge in [-0.2, -0.15) is 0 Å². The van der Waals surface area contributed by atoms with Crippen molar-refractivity contribution in [1.82, 2.24) is 10.6 Å². The Morgan fingerprint density at radius 1 is 1.35 bits per heavy atom. The molecule has 4 nitrogen and oxygen atoms in total. The van der Waals surface area contributed by atoms with Crippen molar-refractivity contribution in [1.29, 1.82) is 0 Å². The molecular formula is C17H32IN3OS. The summed E-state index contributed by atoms with van der Waals surface area (Å²) in [6.07, 6.45) is 0.109. The molecular weight excluding hydrogens is 421 g/mol. The van der Waals surface area contributed by atoms with Gasteiger partial charge in [0.2, 0.25) is 0 Å². The molecule has 0 spiro atoms. The van der Waals surface area contributed by atoms with Crippen LogP contribution in [0.15, 0.2) is 22.5 Å². The van der Waals surface area contributed by atoms with Gasteiger partial charge in [-0.1, -0.05) is 33.8 Å². The lowest BCUT2D eigenvalue weighted by molar-refractivity contribution is 0.0241. The van der Waals surface area contributed by atoms with Crippen LogP contribution in [0.3, 0.4) is 0 Å². The highest BCUT2D eigenvalue weighted by molar-refractivity contribution is 14.0. The number of nitrogens with zero attached hydrogens (tertiary/aromatic N) is 1.